The van der Waals surface area contributed by atoms with Gasteiger partial charge in [-0.2, -0.15) is 4.31 Å². The lowest BCUT2D eigenvalue weighted by atomic mass is 10.1. The predicted octanol–water partition coefficient (Wildman–Crippen LogP) is 3.90. The van der Waals surface area contributed by atoms with Gasteiger partial charge in [0.15, 0.2) is 11.9 Å². The molecule has 2 aromatic carbocycles. The number of anilines is 1. The van der Waals surface area contributed by atoms with Gasteiger partial charge in [-0.25, -0.2) is 13.2 Å². The Morgan fingerprint density at radius 3 is 2.21 bits per heavy atom. The lowest BCUT2D eigenvalue weighted by Gasteiger charge is -2.26. The smallest absolute Gasteiger partial charge is 0.338 e. The number of ketones is 1. The summed E-state index contributed by atoms with van der Waals surface area (Å²) >= 11 is 6.14. The topological polar surface area (TPSA) is 110 Å². The second kappa shape index (κ2) is 10.5. The quantitative estimate of drug-likeness (QED) is 0.463. The van der Waals surface area contributed by atoms with Gasteiger partial charge in [0.2, 0.25) is 10.0 Å². The molecule has 176 valence electrons. The van der Waals surface area contributed by atoms with Gasteiger partial charge in [0.1, 0.15) is 4.90 Å². The zero-order chi connectivity index (χ0) is 24.2. The van der Waals surface area contributed by atoms with E-state index in [1.165, 1.54) is 36.4 Å². The average molecular weight is 493 g/mol. The Labute approximate surface area is 197 Å². The lowest BCUT2D eigenvalue weighted by Crippen LogP contribution is -2.36. The van der Waals surface area contributed by atoms with Gasteiger partial charge >= 0.3 is 5.97 Å². The maximum absolute atomic E-state index is 13.0. The SMILES string of the molecule is CC(=O)c1ccc(NC(=O)C(C)OC(=O)c2ccc(Cl)c(S(=O)(=O)N3CCCCC3)c2)cc1. The number of esters is 1. The van der Waals surface area contributed by atoms with E-state index in [4.69, 9.17) is 16.3 Å². The number of hydrogen-bond acceptors (Lipinski definition) is 6. The van der Waals surface area contributed by atoms with Crippen LogP contribution in [-0.2, 0) is 19.6 Å². The predicted molar refractivity (Wildman–Crippen MR) is 124 cm³/mol. The molecular weight excluding hydrogens is 468 g/mol. The van der Waals surface area contributed by atoms with Gasteiger partial charge in [0, 0.05) is 24.3 Å². The zero-order valence-electron chi connectivity index (χ0n) is 18.3. The Bertz CT molecular complexity index is 1160. The molecule has 33 heavy (non-hydrogen) atoms. The molecule has 10 heteroatoms. The van der Waals surface area contributed by atoms with Crippen molar-refractivity contribution in [1.29, 1.82) is 0 Å². The molecule has 1 aliphatic rings. The molecule has 0 radical (unpaired) electrons. The third-order valence-electron chi connectivity index (χ3n) is 5.31. The number of amides is 1. The van der Waals surface area contributed by atoms with Crippen LogP contribution in [0.2, 0.25) is 5.02 Å². The van der Waals surface area contributed by atoms with Gasteiger partial charge in [-0.1, -0.05) is 18.0 Å². The summed E-state index contributed by atoms with van der Waals surface area (Å²) in [5, 5.41) is 2.61. The van der Waals surface area contributed by atoms with Crippen molar-refractivity contribution in [2.75, 3.05) is 18.4 Å². The Hall–Kier alpha value is -2.75. The van der Waals surface area contributed by atoms with E-state index >= 15 is 0 Å². The molecule has 1 amide bonds. The molecule has 8 nitrogen and oxygen atoms in total. The fraction of sp³-hybridized carbons (Fsp3) is 0.348. The van der Waals surface area contributed by atoms with Crippen molar-refractivity contribution in [2.24, 2.45) is 0 Å². The van der Waals surface area contributed by atoms with Crippen molar-refractivity contribution in [2.45, 2.75) is 44.1 Å². The van der Waals surface area contributed by atoms with Crippen molar-refractivity contribution >= 4 is 45.0 Å². The second-order valence-corrected chi connectivity index (χ2v) is 10.1. The molecule has 0 spiro atoms. The minimum atomic E-state index is -3.85. The van der Waals surface area contributed by atoms with E-state index < -0.39 is 28.0 Å². The number of sulfonamides is 1. The van der Waals surface area contributed by atoms with Crippen LogP contribution in [0, 0.1) is 0 Å². The molecule has 2 aromatic rings. The highest BCUT2D eigenvalue weighted by Crippen LogP contribution is 2.28. The molecule has 1 aliphatic heterocycles. The van der Waals surface area contributed by atoms with Crippen LogP contribution in [0.15, 0.2) is 47.4 Å². The summed E-state index contributed by atoms with van der Waals surface area (Å²) in [6.45, 7) is 3.64. The maximum Gasteiger partial charge on any atom is 0.338 e. The number of piperidine rings is 1. The number of Topliss-reactive ketones (excluding diaryl/α,β-unsaturated/α-hetero) is 1. The van der Waals surface area contributed by atoms with Crippen LogP contribution in [-0.4, -0.2) is 49.6 Å². The lowest BCUT2D eigenvalue weighted by molar-refractivity contribution is -0.123. The van der Waals surface area contributed by atoms with E-state index in [1.807, 2.05) is 0 Å². The normalized spacial score (nSPS) is 15.5. The van der Waals surface area contributed by atoms with Crippen molar-refractivity contribution in [1.82, 2.24) is 4.31 Å². The van der Waals surface area contributed by atoms with Crippen LogP contribution >= 0.6 is 11.6 Å². The van der Waals surface area contributed by atoms with E-state index in [1.54, 1.807) is 24.3 Å². The fourth-order valence-electron chi connectivity index (χ4n) is 3.39. The zero-order valence-corrected chi connectivity index (χ0v) is 19.9. The van der Waals surface area contributed by atoms with Gasteiger partial charge in [0.25, 0.3) is 5.91 Å². The number of benzene rings is 2. The molecule has 1 atom stereocenters. The third kappa shape index (κ3) is 5.98. The Morgan fingerprint density at radius 2 is 1.61 bits per heavy atom. The highest BCUT2D eigenvalue weighted by atomic mass is 35.5. The van der Waals surface area contributed by atoms with Crippen LogP contribution in [0.4, 0.5) is 5.69 Å². The summed E-state index contributed by atoms with van der Waals surface area (Å²) in [7, 11) is -3.85. The third-order valence-corrected chi connectivity index (χ3v) is 7.69. The summed E-state index contributed by atoms with van der Waals surface area (Å²) in [4.78, 5) is 36.2. The Morgan fingerprint density at radius 1 is 1.00 bits per heavy atom. The first-order valence-electron chi connectivity index (χ1n) is 10.5. The first-order valence-corrected chi connectivity index (χ1v) is 12.3. The Kier molecular flexibility index (Phi) is 7.88. The number of halogens is 1. The van der Waals surface area contributed by atoms with Crippen molar-refractivity contribution in [3.8, 4) is 0 Å². The molecular formula is C23H25ClN2O6S. The minimum Gasteiger partial charge on any atom is -0.449 e. The Balaban J connectivity index is 1.69. The molecule has 1 fully saturated rings. The van der Waals surface area contributed by atoms with Crippen molar-refractivity contribution < 1.29 is 27.5 Å². The number of carbonyl (C=O) groups is 3. The van der Waals surface area contributed by atoms with Crippen molar-refractivity contribution in [3.05, 3.63) is 58.6 Å². The standard InChI is InChI=1S/C23H25ClN2O6S/c1-15(27)17-6-9-19(10-7-17)25-22(28)16(2)32-23(29)18-8-11-20(24)21(14-18)33(30,31)26-12-4-3-5-13-26/h6-11,14,16H,3-5,12-13H2,1-2H3,(H,25,28). The summed E-state index contributed by atoms with van der Waals surface area (Å²) in [5.74, 6) is -1.52. The van der Waals surface area contributed by atoms with Crippen LogP contribution in [0.3, 0.4) is 0 Å². The molecule has 1 unspecified atom stereocenters. The summed E-state index contributed by atoms with van der Waals surface area (Å²) in [5.41, 5.74) is 0.917. The molecule has 0 bridgehead atoms. The summed E-state index contributed by atoms with van der Waals surface area (Å²) < 4.78 is 32.6. The molecule has 1 saturated heterocycles. The van der Waals surface area contributed by atoms with Gasteiger partial charge in [-0.15, -0.1) is 0 Å². The summed E-state index contributed by atoms with van der Waals surface area (Å²) in [6, 6.07) is 10.2. The largest absolute Gasteiger partial charge is 0.449 e. The maximum atomic E-state index is 13.0. The highest BCUT2D eigenvalue weighted by Gasteiger charge is 2.29. The van der Waals surface area contributed by atoms with E-state index in [2.05, 4.69) is 5.32 Å². The van der Waals surface area contributed by atoms with Crippen LogP contribution < -0.4 is 5.32 Å². The molecule has 3 rings (SSSR count). The minimum absolute atomic E-state index is 0.0110. The van der Waals surface area contributed by atoms with Crippen LogP contribution in [0.25, 0.3) is 0 Å². The van der Waals surface area contributed by atoms with Gasteiger partial charge < -0.3 is 10.1 Å². The van der Waals surface area contributed by atoms with E-state index in [9.17, 15) is 22.8 Å². The molecule has 0 aliphatic carbocycles. The highest BCUT2D eigenvalue weighted by molar-refractivity contribution is 7.89. The van der Waals surface area contributed by atoms with Gasteiger partial charge in [-0.3, -0.25) is 9.59 Å². The number of carbonyl (C=O) groups excluding carboxylic acids is 3. The van der Waals surface area contributed by atoms with E-state index in [0.717, 1.165) is 19.3 Å². The van der Waals surface area contributed by atoms with Gasteiger partial charge in [-0.05, 0) is 69.2 Å². The number of rotatable bonds is 7. The number of nitrogens with zero attached hydrogens (tertiary/aromatic N) is 1. The molecule has 1 heterocycles. The second-order valence-electron chi connectivity index (χ2n) is 7.78. The fourth-order valence-corrected chi connectivity index (χ4v) is 5.40. The number of ether oxygens (including phenoxy) is 1. The molecule has 0 aromatic heterocycles. The first-order chi connectivity index (χ1) is 15.6. The van der Waals surface area contributed by atoms with Crippen molar-refractivity contribution in [3.63, 3.8) is 0 Å². The van der Waals surface area contributed by atoms with E-state index in [-0.39, 0.29) is 21.3 Å². The van der Waals surface area contributed by atoms with E-state index in [0.29, 0.717) is 24.3 Å². The first kappa shape index (κ1) is 24.9. The van der Waals surface area contributed by atoms with Crippen LogP contribution in [0.1, 0.15) is 53.8 Å². The monoisotopic (exact) mass is 492 g/mol. The molecule has 1 N–H and O–H groups in total. The number of nitrogens with one attached hydrogen (secondary N) is 1. The number of hydrogen-bond donors (Lipinski definition) is 1. The molecule has 0 saturated carbocycles. The summed E-state index contributed by atoms with van der Waals surface area (Å²) in [6.07, 6.45) is 1.35. The average Bonchev–Trinajstić information content (AvgIpc) is 2.80. The van der Waals surface area contributed by atoms with Gasteiger partial charge in [0.05, 0.1) is 10.6 Å². The van der Waals surface area contributed by atoms with Crippen LogP contribution in [0.5, 0.6) is 0 Å².